The number of nitrogens with zero attached hydrogens (tertiary/aromatic N) is 2. The second-order valence-corrected chi connectivity index (χ2v) is 4.55. The van der Waals surface area contributed by atoms with Crippen LogP contribution in [0.15, 0.2) is 5.16 Å². The Hall–Kier alpha value is -0.810. The Balaban J connectivity index is 4.09. The number of hydrogen-bond acceptors (Lipinski definition) is 4. The summed E-state index contributed by atoms with van der Waals surface area (Å²) in [5, 5.41) is 11.7. The van der Waals surface area contributed by atoms with Crippen molar-refractivity contribution in [3.63, 3.8) is 0 Å². The van der Waals surface area contributed by atoms with E-state index in [9.17, 15) is 0 Å². The average Bonchev–Trinajstić information content (AvgIpc) is 2.28. The Morgan fingerprint density at radius 1 is 1.44 bits per heavy atom. The van der Waals surface area contributed by atoms with Crippen molar-refractivity contribution in [3.8, 4) is 0 Å². The van der Waals surface area contributed by atoms with Crippen molar-refractivity contribution in [1.29, 1.82) is 0 Å². The molecule has 0 amide bonds. The lowest BCUT2D eigenvalue weighted by Gasteiger charge is -2.27. The van der Waals surface area contributed by atoms with Crippen LogP contribution in [0.25, 0.3) is 0 Å². The molecule has 0 atom stereocenters. The molecule has 0 fully saturated rings. The van der Waals surface area contributed by atoms with Gasteiger partial charge in [0.15, 0.2) is 0 Å². The number of oxime groups is 1. The zero-order valence-corrected chi connectivity index (χ0v) is 10.9. The number of likely N-dealkylation sites (N-methyl/N-ethyl adjacent to an activating group) is 1. The molecule has 0 aliphatic heterocycles. The second kappa shape index (κ2) is 7.46. The molecule has 0 aromatic carbocycles. The topological polar surface area (TPSA) is 71.1 Å². The van der Waals surface area contributed by atoms with E-state index in [0.29, 0.717) is 0 Å². The summed E-state index contributed by atoms with van der Waals surface area (Å²) in [7, 11) is 1.70. The standard InChI is InChI=1S/C11H25N3O2/c1-5-14(8-9-16-4)7-6-11(2,3)10(12)13-15/h15H,5-9H2,1-4H3,(H2,12,13). The van der Waals surface area contributed by atoms with E-state index in [1.807, 2.05) is 13.8 Å². The predicted octanol–water partition coefficient (Wildman–Crippen LogP) is 1.12. The molecule has 0 heterocycles. The first-order valence-corrected chi connectivity index (χ1v) is 5.67. The van der Waals surface area contributed by atoms with E-state index in [4.69, 9.17) is 15.7 Å². The molecule has 0 saturated carbocycles. The van der Waals surface area contributed by atoms with Gasteiger partial charge < -0.3 is 20.6 Å². The monoisotopic (exact) mass is 231 g/mol. The van der Waals surface area contributed by atoms with Gasteiger partial charge in [-0.25, -0.2) is 0 Å². The summed E-state index contributed by atoms with van der Waals surface area (Å²) in [4.78, 5) is 2.29. The molecule has 0 aliphatic rings. The highest BCUT2D eigenvalue weighted by Crippen LogP contribution is 2.20. The minimum absolute atomic E-state index is 0.269. The molecule has 5 nitrogen and oxygen atoms in total. The number of rotatable bonds is 8. The minimum Gasteiger partial charge on any atom is -0.409 e. The number of methoxy groups -OCH3 is 1. The third-order valence-corrected chi connectivity index (χ3v) is 2.91. The summed E-state index contributed by atoms with van der Waals surface area (Å²) in [6.45, 7) is 9.63. The first kappa shape index (κ1) is 15.2. The number of nitrogens with two attached hydrogens (primary N) is 1. The first-order chi connectivity index (χ1) is 7.47. The lowest BCUT2D eigenvalue weighted by molar-refractivity contribution is 0.145. The molecule has 16 heavy (non-hydrogen) atoms. The maximum atomic E-state index is 8.66. The molecule has 0 spiro atoms. The van der Waals surface area contributed by atoms with Gasteiger partial charge in [0.05, 0.1) is 6.61 Å². The molecular formula is C11H25N3O2. The molecular weight excluding hydrogens is 206 g/mol. The summed E-state index contributed by atoms with van der Waals surface area (Å²) < 4.78 is 5.04. The van der Waals surface area contributed by atoms with Crippen LogP contribution in [0, 0.1) is 5.41 Å². The lowest BCUT2D eigenvalue weighted by Crippen LogP contribution is -2.37. The van der Waals surface area contributed by atoms with Gasteiger partial charge in [0.25, 0.3) is 0 Å². The van der Waals surface area contributed by atoms with Crippen LogP contribution in [-0.4, -0.2) is 49.3 Å². The Morgan fingerprint density at radius 3 is 2.50 bits per heavy atom. The van der Waals surface area contributed by atoms with Crippen molar-refractivity contribution in [2.45, 2.75) is 27.2 Å². The fourth-order valence-corrected chi connectivity index (χ4v) is 1.35. The van der Waals surface area contributed by atoms with Gasteiger partial charge in [-0.1, -0.05) is 25.9 Å². The van der Waals surface area contributed by atoms with Crippen molar-refractivity contribution < 1.29 is 9.94 Å². The highest BCUT2D eigenvalue weighted by molar-refractivity contribution is 5.85. The molecule has 5 heteroatoms. The third-order valence-electron chi connectivity index (χ3n) is 2.91. The summed E-state index contributed by atoms with van der Waals surface area (Å²) in [5.74, 6) is 0.287. The van der Waals surface area contributed by atoms with Crippen LogP contribution in [0.5, 0.6) is 0 Å². The van der Waals surface area contributed by atoms with E-state index in [0.717, 1.165) is 32.7 Å². The smallest absolute Gasteiger partial charge is 0.144 e. The van der Waals surface area contributed by atoms with E-state index in [1.165, 1.54) is 0 Å². The van der Waals surface area contributed by atoms with Gasteiger partial charge in [0.2, 0.25) is 0 Å². The van der Waals surface area contributed by atoms with E-state index in [-0.39, 0.29) is 11.3 Å². The second-order valence-electron chi connectivity index (χ2n) is 4.55. The van der Waals surface area contributed by atoms with Crippen LogP contribution in [0.1, 0.15) is 27.2 Å². The average molecular weight is 231 g/mol. The maximum absolute atomic E-state index is 8.66. The van der Waals surface area contributed by atoms with Gasteiger partial charge in [-0.2, -0.15) is 0 Å². The molecule has 0 radical (unpaired) electrons. The largest absolute Gasteiger partial charge is 0.409 e. The van der Waals surface area contributed by atoms with Crippen LogP contribution in [-0.2, 0) is 4.74 Å². The van der Waals surface area contributed by atoms with Crippen molar-refractivity contribution in [3.05, 3.63) is 0 Å². The molecule has 0 saturated heterocycles. The fraction of sp³-hybridized carbons (Fsp3) is 0.909. The van der Waals surface area contributed by atoms with Gasteiger partial charge in [-0.3, -0.25) is 0 Å². The van der Waals surface area contributed by atoms with Crippen molar-refractivity contribution in [1.82, 2.24) is 4.90 Å². The fourth-order valence-electron chi connectivity index (χ4n) is 1.35. The highest BCUT2D eigenvalue weighted by Gasteiger charge is 2.23. The van der Waals surface area contributed by atoms with Gasteiger partial charge in [-0.05, 0) is 19.5 Å². The Kier molecular flexibility index (Phi) is 7.08. The molecule has 0 aromatic rings. The lowest BCUT2D eigenvalue weighted by atomic mass is 9.88. The van der Waals surface area contributed by atoms with Crippen molar-refractivity contribution in [2.75, 3.05) is 33.4 Å². The van der Waals surface area contributed by atoms with Crippen LogP contribution in [0.2, 0.25) is 0 Å². The molecule has 3 N–H and O–H groups in total. The van der Waals surface area contributed by atoms with E-state index in [1.54, 1.807) is 7.11 Å². The normalized spacial score (nSPS) is 13.4. The van der Waals surface area contributed by atoms with Crippen molar-refractivity contribution in [2.24, 2.45) is 16.3 Å². The van der Waals surface area contributed by atoms with Gasteiger partial charge in [-0.15, -0.1) is 0 Å². The van der Waals surface area contributed by atoms with Gasteiger partial charge in [0.1, 0.15) is 5.84 Å². The van der Waals surface area contributed by atoms with Crippen LogP contribution >= 0.6 is 0 Å². The third kappa shape index (κ3) is 5.32. The zero-order valence-electron chi connectivity index (χ0n) is 10.9. The molecule has 0 unspecified atom stereocenters. The summed E-state index contributed by atoms with van der Waals surface area (Å²) in [6.07, 6.45) is 0.862. The molecule has 0 bridgehead atoms. The predicted molar refractivity (Wildman–Crippen MR) is 65.8 cm³/mol. The Morgan fingerprint density at radius 2 is 2.06 bits per heavy atom. The summed E-state index contributed by atoms with van der Waals surface area (Å²) >= 11 is 0. The number of hydrogen-bond donors (Lipinski definition) is 2. The summed E-state index contributed by atoms with van der Waals surface area (Å²) in [5.41, 5.74) is 5.37. The first-order valence-electron chi connectivity index (χ1n) is 5.67. The number of amidine groups is 1. The molecule has 0 aromatic heterocycles. The zero-order chi connectivity index (χ0) is 12.6. The van der Waals surface area contributed by atoms with Crippen LogP contribution in [0.3, 0.4) is 0 Å². The minimum atomic E-state index is -0.269. The van der Waals surface area contributed by atoms with Crippen LogP contribution in [0.4, 0.5) is 0 Å². The van der Waals surface area contributed by atoms with E-state index in [2.05, 4.69) is 17.0 Å². The maximum Gasteiger partial charge on any atom is 0.144 e. The van der Waals surface area contributed by atoms with Crippen LogP contribution < -0.4 is 5.73 Å². The SMILES string of the molecule is CCN(CCOC)CCC(C)(C)C(N)=NO. The Bertz CT molecular complexity index is 217. The molecule has 0 rings (SSSR count). The van der Waals surface area contributed by atoms with Crippen molar-refractivity contribution >= 4 is 5.84 Å². The quantitative estimate of drug-likeness (QED) is 0.284. The number of ether oxygens (including phenoxy) is 1. The van der Waals surface area contributed by atoms with Gasteiger partial charge in [0, 0.05) is 19.1 Å². The van der Waals surface area contributed by atoms with Gasteiger partial charge >= 0.3 is 0 Å². The molecule has 0 aliphatic carbocycles. The van der Waals surface area contributed by atoms with E-state index >= 15 is 0 Å². The highest BCUT2D eigenvalue weighted by atomic mass is 16.5. The molecule has 96 valence electrons. The Labute approximate surface area is 98.2 Å². The summed E-state index contributed by atoms with van der Waals surface area (Å²) in [6, 6.07) is 0. The van der Waals surface area contributed by atoms with E-state index < -0.39 is 0 Å².